The second-order valence-electron chi connectivity index (χ2n) is 4.98. The molecule has 0 radical (unpaired) electrons. The third-order valence-corrected chi connectivity index (χ3v) is 3.60. The van der Waals surface area contributed by atoms with Gasteiger partial charge in [-0.15, -0.1) is 0 Å². The summed E-state index contributed by atoms with van der Waals surface area (Å²) < 4.78 is 43.2. The third-order valence-electron chi connectivity index (χ3n) is 3.60. The highest BCUT2D eigenvalue weighted by atomic mass is 19.4. The smallest absolute Gasteiger partial charge is 0.373 e. The van der Waals surface area contributed by atoms with E-state index in [0.29, 0.717) is 12.2 Å². The summed E-state index contributed by atoms with van der Waals surface area (Å²) in [7, 11) is 0. The molecule has 1 saturated heterocycles. The van der Waals surface area contributed by atoms with Gasteiger partial charge in [-0.3, -0.25) is 11.3 Å². The van der Waals surface area contributed by atoms with Gasteiger partial charge in [0.2, 0.25) is 0 Å². The molecule has 1 aromatic carbocycles. The van der Waals surface area contributed by atoms with E-state index in [2.05, 4.69) is 5.43 Å². The van der Waals surface area contributed by atoms with Crippen LogP contribution in [-0.4, -0.2) is 12.2 Å². The van der Waals surface area contributed by atoms with Gasteiger partial charge in [-0.05, 0) is 37.5 Å². The zero-order valence-corrected chi connectivity index (χ0v) is 10.6. The van der Waals surface area contributed by atoms with E-state index in [-0.39, 0.29) is 6.04 Å². The zero-order valence-electron chi connectivity index (χ0n) is 10.6. The van der Waals surface area contributed by atoms with Crippen LogP contribution in [0.2, 0.25) is 0 Å². The lowest BCUT2D eigenvalue weighted by atomic mass is 9.88. The van der Waals surface area contributed by atoms with Gasteiger partial charge in [-0.2, -0.15) is 13.2 Å². The molecule has 0 spiro atoms. The van der Waals surface area contributed by atoms with Crippen LogP contribution in [0.1, 0.15) is 36.9 Å². The van der Waals surface area contributed by atoms with Crippen LogP contribution in [0, 0.1) is 0 Å². The van der Waals surface area contributed by atoms with Gasteiger partial charge in [0, 0.05) is 6.61 Å². The Kier molecular flexibility index (Phi) is 3.85. The molecule has 1 heterocycles. The maximum atomic E-state index is 12.5. The molecule has 1 aliphatic heterocycles. The van der Waals surface area contributed by atoms with Crippen LogP contribution in [-0.2, 0) is 10.9 Å². The molecule has 0 aliphatic carbocycles. The molecule has 0 saturated carbocycles. The largest absolute Gasteiger partial charge is 0.416 e. The molecule has 2 atom stereocenters. The molecular weight excluding hydrogens is 257 g/mol. The number of alkyl halides is 3. The van der Waals surface area contributed by atoms with Crippen LogP contribution in [0.25, 0.3) is 0 Å². The van der Waals surface area contributed by atoms with Crippen molar-refractivity contribution in [1.82, 2.24) is 5.43 Å². The van der Waals surface area contributed by atoms with Gasteiger partial charge in [0.1, 0.15) is 0 Å². The molecule has 1 aliphatic rings. The van der Waals surface area contributed by atoms with Crippen LogP contribution in [0.4, 0.5) is 13.2 Å². The molecule has 1 aromatic rings. The lowest BCUT2D eigenvalue weighted by Gasteiger charge is -2.33. The predicted molar refractivity (Wildman–Crippen MR) is 65.1 cm³/mol. The minimum atomic E-state index is -4.32. The lowest BCUT2D eigenvalue weighted by molar-refractivity contribution is -0.137. The monoisotopic (exact) mass is 274 g/mol. The number of hydrogen-bond donors (Lipinski definition) is 2. The van der Waals surface area contributed by atoms with Gasteiger partial charge < -0.3 is 4.74 Å². The van der Waals surface area contributed by atoms with Gasteiger partial charge in [-0.1, -0.05) is 12.1 Å². The Labute approximate surface area is 109 Å². The summed E-state index contributed by atoms with van der Waals surface area (Å²) in [6.07, 6.45) is -2.57. The van der Waals surface area contributed by atoms with Crippen LogP contribution < -0.4 is 11.3 Å². The molecule has 2 unspecified atom stereocenters. The Hall–Kier alpha value is -1.11. The maximum absolute atomic E-state index is 12.5. The second-order valence-corrected chi connectivity index (χ2v) is 4.98. The topological polar surface area (TPSA) is 47.3 Å². The number of ether oxygens (including phenoxy) is 1. The highest BCUT2D eigenvalue weighted by Gasteiger charge is 2.39. The van der Waals surface area contributed by atoms with Crippen molar-refractivity contribution >= 4 is 0 Å². The number of nitrogens with two attached hydrogens (primary N) is 1. The molecule has 6 heteroatoms. The van der Waals surface area contributed by atoms with Gasteiger partial charge >= 0.3 is 6.18 Å². The van der Waals surface area contributed by atoms with Crippen LogP contribution in [0.3, 0.4) is 0 Å². The fourth-order valence-corrected chi connectivity index (χ4v) is 2.52. The highest BCUT2D eigenvalue weighted by molar-refractivity contribution is 5.28. The van der Waals surface area contributed by atoms with Gasteiger partial charge in [0.15, 0.2) is 0 Å². The first-order valence-electron chi connectivity index (χ1n) is 6.14. The number of hydrogen-bond acceptors (Lipinski definition) is 3. The quantitative estimate of drug-likeness (QED) is 0.658. The van der Waals surface area contributed by atoms with E-state index < -0.39 is 17.3 Å². The van der Waals surface area contributed by atoms with Crippen molar-refractivity contribution < 1.29 is 17.9 Å². The number of hydrazine groups is 1. The second kappa shape index (κ2) is 5.11. The van der Waals surface area contributed by atoms with Crippen molar-refractivity contribution in [3.05, 3.63) is 35.4 Å². The molecule has 3 nitrogen and oxygen atoms in total. The van der Waals surface area contributed by atoms with Crippen molar-refractivity contribution in [3.8, 4) is 0 Å². The summed E-state index contributed by atoms with van der Waals surface area (Å²) >= 11 is 0. The van der Waals surface area contributed by atoms with E-state index in [4.69, 9.17) is 10.6 Å². The normalized spacial score (nSPS) is 25.5. The summed E-state index contributed by atoms with van der Waals surface area (Å²) in [6, 6.07) is 4.70. The maximum Gasteiger partial charge on any atom is 0.416 e. The molecule has 0 bridgehead atoms. The van der Waals surface area contributed by atoms with Crippen molar-refractivity contribution in [2.45, 2.75) is 37.6 Å². The Morgan fingerprint density at radius 2 is 1.95 bits per heavy atom. The SMILES string of the molecule is CC1(C(NN)c2ccc(C(F)(F)F)cc2)CCCO1. The van der Waals surface area contributed by atoms with E-state index in [9.17, 15) is 13.2 Å². The van der Waals surface area contributed by atoms with Crippen molar-refractivity contribution in [3.63, 3.8) is 0 Å². The van der Waals surface area contributed by atoms with E-state index in [0.717, 1.165) is 25.0 Å². The number of benzene rings is 1. The molecule has 3 N–H and O–H groups in total. The number of halogens is 3. The average Bonchev–Trinajstić information content (AvgIpc) is 2.77. The van der Waals surface area contributed by atoms with Gasteiger partial charge in [-0.25, -0.2) is 0 Å². The summed E-state index contributed by atoms with van der Waals surface area (Å²) in [6.45, 7) is 2.57. The minimum Gasteiger partial charge on any atom is -0.373 e. The molecule has 106 valence electrons. The average molecular weight is 274 g/mol. The van der Waals surface area contributed by atoms with Crippen LogP contribution in [0.15, 0.2) is 24.3 Å². The number of nitrogens with one attached hydrogen (secondary N) is 1. The molecule has 2 rings (SSSR count). The summed E-state index contributed by atoms with van der Waals surface area (Å²) in [5.41, 5.74) is 2.21. The summed E-state index contributed by atoms with van der Waals surface area (Å²) in [4.78, 5) is 0. The standard InChI is InChI=1S/C13H17F3N2O/c1-12(7-2-8-19-12)11(18-17)9-3-5-10(6-4-9)13(14,15)16/h3-6,11,18H,2,7-8,17H2,1H3. The molecule has 0 aromatic heterocycles. The fourth-order valence-electron chi connectivity index (χ4n) is 2.52. The van der Waals surface area contributed by atoms with E-state index in [1.54, 1.807) is 0 Å². The minimum absolute atomic E-state index is 0.322. The van der Waals surface area contributed by atoms with Crippen LogP contribution >= 0.6 is 0 Å². The predicted octanol–water partition coefficient (Wildman–Crippen LogP) is 2.78. The van der Waals surface area contributed by atoms with Crippen molar-refractivity contribution in [2.24, 2.45) is 5.84 Å². The molecule has 0 amide bonds. The van der Waals surface area contributed by atoms with Crippen molar-refractivity contribution in [2.75, 3.05) is 6.61 Å². The van der Waals surface area contributed by atoms with Gasteiger partial charge in [0.25, 0.3) is 0 Å². The summed E-state index contributed by atoms with van der Waals surface area (Å²) in [5.74, 6) is 5.54. The summed E-state index contributed by atoms with van der Waals surface area (Å²) in [5, 5.41) is 0. The first-order chi connectivity index (χ1) is 8.87. The lowest BCUT2D eigenvalue weighted by Crippen LogP contribution is -2.44. The van der Waals surface area contributed by atoms with E-state index >= 15 is 0 Å². The number of rotatable bonds is 3. The Bertz CT molecular complexity index is 425. The zero-order chi connectivity index (χ0) is 14.1. The Morgan fingerprint density at radius 1 is 1.32 bits per heavy atom. The first kappa shape index (κ1) is 14.3. The third kappa shape index (κ3) is 2.91. The highest BCUT2D eigenvalue weighted by Crippen LogP contribution is 2.38. The van der Waals surface area contributed by atoms with Gasteiger partial charge in [0.05, 0.1) is 17.2 Å². The molecule has 19 heavy (non-hydrogen) atoms. The Balaban J connectivity index is 2.24. The fraction of sp³-hybridized carbons (Fsp3) is 0.538. The first-order valence-corrected chi connectivity index (χ1v) is 6.14. The molecule has 1 fully saturated rings. The van der Waals surface area contributed by atoms with E-state index in [1.807, 2.05) is 6.92 Å². The van der Waals surface area contributed by atoms with Crippen molar-refractivity contribution in [1.29, 1.82) is 0 Å². The molecular formula is C13H17F3N2O. The Morgan fingerprint density at radius 3 is 2.37 bits per heavy atom. The van der Waals surface area contributed by atoms with E-state index in [1.165, 1.54) is 12.1 Å². The van der Waals surface area contributed by atoms with Crippen LogP contribution in [0.5, 0.6) is 0 Å².